The van der Waals surface area contributed by atoms with Crippen LogP contribution in [-0.4, -0.2) is 44.1 Å². The van der Waals surface area contributed by atoms with Crippen LogP contribution in [0.5, 0.6) is 0 Å². The van der Waals surface area contributed by atoms with Crippen molar-refractivity contribution in [1.82, 2.24) is 30.2 Å². The monoisotopic (exact) mass is 502 g/mol. The molecule has 0 amide bonds. The molecule has 1 unspecified atom stereocenters. The first-order valence-corrected chi connectivity index (χ1v) is 12.7. The number of rotatable bonds is 6. The highest BCUT2D eigenvalue weighted by Crippen LogP contribution is 2.51. The molecule has 6 rings (SSSR count). The van der Waals surface area contributed by atoms with Crippen LogP contribution in [0.1, 0.15) is 43.6 Å². The molecule has 2 saturated carbocycles. The summed E-state index contributed by atoms with van der Waals surface area (Å²) in [6, 6.07) is 7.88. The highest BCUT2D eigenvalue weighted by Gasteiger charge is 2.50. The van der Waals surface area contributed by atoms with Crippen molar-refractivity contribution >= 4 is 17.5 Å². The van der Waals surface area contributed by atoms with Gasteiger partial charge in [-0.15, -0.1) is 0 Å². The molecular weight excluding hydrogens is 474 g/mol. The van der Waals surface area contributed by atoms with Crippen LogP contribution >= 0.6 is 0 Å². The average molecular weight is 503 g/mol. The van der Waals surface area contributed by atoms with E-state index in [4.69, 9.17) is 4.98 Å². The lowest BCUT2D eigenvalue weighted by molar-refractivity contribution is 0.322. The Bertz CT molecular complexity index is 1360. The van der Waals surface area contributed by atoms with Gasteiger partial charge >= 0.3 is 0 Å². The quantitative estimate of drug-likeness (QED) is 0.409. The van der Waals surface area contributed by atoms with Crippen molar-refractivity contribution in [3.05, 3.63) is 72.4 Å². The third-order valence-corrected chi connectivity index (χ3v) is 7.27. The van der Waals surface area contributed by atoms with Gasteiger partial charge < -0.3 is 16.0 Å². The van der Waals surface area contributed by atoms with E-state index in [1.807, 2.05) is 6.20 Å². The summed E-state index contributed by atoms with van der Waals surface area (Å²) >= 11 is 0. The molecule has 37 heavy (non-hydrogen) atoms. The minimum atomic E-state index is -0.785. The van der Waals surface area contributed by atoms with Crippen molar-refractivity contribution in [1.29, 1.82) is 0 Å². The molecule has 8 nitrogen and oxygen atoms in total. The zero-order valence-electron chi connectivity index (χ0n) is 20.3. The van der Waals surface area contributed by atoms with Gasteiger partial charge in [-0.2, -0.15) is 9.37 Å². The molecule has 3 fully saturated rings. The van der Waals surface area contributed by atoms with Crippen LogP contribution in [0.15, 0.2) is 55.1 Å². The van der Waals surface area contributed by atoms with Crippen LogP contribution in [-0.2, 0) is 0 Å². The number of hydrogen-bond donors (Lipinski definition) is 3. The zero-order valence-corrected chi connectivity index (χ0v) is 20.3. The van der Waals surface area contributed by atoms with E-state index in [1.165, 1.54) is 12.8 Å². The Morgan fingerprint density at radius 2 is 1.81 bits per heavy atom. The van der Waals surface area contributed by atoms with Crippen molar-refractivity contribution < 1.29 is 8.78 Å². The normalized spacial score (nSPS) is 19.7. The Labute approximate surface area is 213 Å². The topological polar surface area (TPSA) is 101 Å². The van der Waals surface area contributed by atoms with Gasteiger partial charge in [-0.3, -0.25) is 4.98 Å². The summed E-state index contributed by atoms with van der Waals surface area (Å²) in [5, 5.41) is 10.0. The summed E-state index contributed by atoms with van der Waals surface area (Å²) in [5.41, 5.74) is 2.10. The average Bonchev–Trinajstić information content (AvgIpc) is 3.83. The first kappa shape index (κ1) is 23.6. The molecule has 4 heterocycles. The van der Waals surface area contributed by atoms with E-state index >= 15 is 0 Å². The Morgan fingerprint density at radius 1 is 0.919 bits per heavy atom. The van der Waals surface area contributed by atoms with Gasteiger partial charge in [0.15, 0.2) is 17.5 Å². The predicted octanol–water partition coefficient (Wildman–Crippen LogP) is 4.91. The number of aromatic nitrogens is 5. The highest BCUT2D eigenvalue weighted by atomic mass is 19.1. The Morgan fingerprint density at radius 3 is 2.65 bits per heavy atom. The summed E-state index contributed by atoms with van der Waals surface area (Å²) < 4.78 is 27.7. The lowest BCUT2D eigenvalue weighted by Crippen LogP contribution is -2.45. The fraction of sp³-hybridized carbons (Fsp3) is 0.370. The van der Waals surface area contributed by atoms with Gasteiger partial charge in [-0.05, 0) is 80.5 Å². The van der Waals surface area contributed by atoms with Crippen molar-refractivity contribution in [2.45, 2.75) is 44.1 Å². The number of halogens is 2. The maximum Gasteiger partial charge on any atom is 0.214 e. The second-order valence-corrected chi connectivity index (χ2v) is 9.99. The lowest BCUT2D eigenvalue weighted by Gasteiger charge is -2.33. The molecule has 0 radical (unpaired) electrons. The van der Waals surface area contributed by atoms with Gasteiger partial charge in [0.05, 0.1) is 0 Å². The van der Waals surface area contributed by atoms with Crippen molar-refractivity contribution in [3.63, 3.8) is 0 Å². The molecule has 1 aliphatic heterocycles. The van der Waals surface area contributed by atoms with Crippen molar-refractivity contribution in [2.24, 2.45) is 5.41 Å². The van der Waals surface area contributed by atoms with E-state index in [9.17, 15) is 8.78 Å². The fourth-order valence-electron chi connectivity index (χ4n) is 4.86. The molecule has 1 saturated heterocycles. The molecule has 0 aromatic carbocycles. The first-order chi connectivity index (χ1) is 18.1. The summed E-state index contributed by atoms with van der Waals surface area (Å²) in [7, 11) is 0. The molecule has 2 aliphatic carbocycles. The third kappa shape index (κ3) is 5.48. The second-order valence-electron chi connectivity index (χ2n) is 9.99. The Kier molecular flexibility index (Phi) is 6.33. The summed E-state index contributed by atoms with van der Waals surface area (Å²) in [6.45, 7) is 1.99. The van der Waals surface area contributed by atoms with Crippen LogP contribution in [0.25, 0.3) is 11.4 Å². The number of hydrogen-bond acceptors (Lipinski definition) is 8. The van der Waals surface area contributed by atoms with Crippen LogP contribution in [0.2, 0.25) is 0 Å². The number of pyridine rings is 2. The van der Waals surface area contributed by atoms with Crippen LogP contribution < -0.4 is 16.0 Å². The molecule has 1 atom stereocenters. The summed E-state index contributed by atoms with van der Waals surface area (Å²) in [5.74, 6) is 0.304. The van der Waals surface area contributed by atoms with Crippen molar-refractivity contribution in [3.8, 4) is 11.4 Å². The van der Waals surface area contributed by atoms with Gasteiger partial charge in [0.2, 0.25) is 5.95 Å². The Balaban J connectivity index is 1.38. The molecule has 3 aliphatic rings. The van der Waals surface area contributed by atoms with E-state index in [0.717, 1.165) is 55.9 Å². The molecule has 190 valence electrons. The molecule has 10 heteroatoms. The van der Waals surface area contributed by atoms with E-state index in [0.29, 0.717) is 29.2 Å². The summed E-state index contributed by atoms with van der Waals surface area (Å²) in [6.07, 6.45) is 12.5. The van der Waals surface area contributed by atoms with E-state index in [-0.39, 0.29) is 11.2 Å². The maximum atomic E-state index is 14.1. The van der Waals surface area contributed by atoms with Gasteiger partial charge in [-0.1, -0.05) is 0 Å². The highest BCUT2D eigenvalue weighted by molar-refractivity contribution is 5.63. The first-order valence-electron chi connectivity index (χ1n) is 12.7. The van der Waals surface area contributed by atoms with E-state index in [2.05, 4.69) is 42.0 Å². The van der Waals surface area contributed by atoms with Gasteiger partial charge in [0.25, 0.3) is 0 Å². The SMILES string of the molecule is Fc1ccc(F)c(Nc2cc(-c3nccncc(C4CC4)cc(NC4CCNCC45CC5)n3)ccn2)n1. The second kappa shape index (κ2) is 9.93. The Hall–Kier alpha value is -3.79. The van der Waals surface area contributed by atoms with Crippen LogP contribution in [0, 0.1) is 17.2 Å². The van der Waals surface area contributed by atoms with Crippen LogP contribution in [0.4, 0.5) is 26.2 Å². The standard InChI is InChI=1S/C27H28F2N8/c28-20-3-4-22(29)35-26(20)36-23-13-18(5-10-32-23)25-33-12-11-30-15-19(17-1-2-17)14-24(37-25)34-21-6-9-31-16-27(21)7-8-27/h3-5,10-15,17,21,31H,1-2,6-9,16H2,(H,32,35,36)(H,33,34,37). The van der Waals surface area contributed by atoms with E-state index < -0.39 is 11.8 Å². The van der Waals surface area contributed by atoms with E-state index in [1.54, 1.807) is 30.7 Å². The molecule has 0 bridgehead atoms. The number of nitrogens with zero attached hydrogens (tertiary/aromatic N) is 5. The number of piperidine rings is 1. The molecular formula is C27H28F2N8. The zero-order chi connectivity index (χ0) is 25.2. The largest absolute Gasteiger partial charge is 0.367 e. The summed E-state index contributed by atoms with van der Waals surface area (Å²) in [4.78, 5) is 21.8. The van der Waals surface area contributed by atoms with Crippen molar-refractivity contribution in [2.75, 3.05) is 23.7 Å². The third-order valence-electron chi connectivity index (χ3n) is 7.27. The maximum absolute atomic E-state index is 14.1. The van der Waals surface area contributed by atoms with Gasteiger partial charge in [-0.25, -0.2) is 19.3 Å². The van der Waals surface area contributed by atoms with Gasteiger partial charge in [0, 0.05) is 48.4 Å². The number of nitrogens with one attached hydrogen (secondary N) is 3. The molecule has 3 aromatic heterocycles. The predicted molar refractivity (Wildman–Crippen MR) is 137 cm³/mol. The van der Waals surface area contributed by atoms with Crippen LogP contribution in [0.3, 0.4) is 0 Å². The smallest absolute Gasteiger partial charge is 0.214 e. The fourth-order valence-corrected chi connectivity index (χ4v) is 4.86. The molecule has 1 spiro atoms. The molecule has 3 N–H and O–H groups in total. The molecule has 3 aromatic rings. The lowest BCUT2D eigenvalue weighted by atomic mass is 9.90. The minimum Gasteiger partial charge on any atom is -0.367 e. The van der Waals surface area contributed by atoms with Gasteiger partial charge in [0.1, 0.15) is 11.6 Å². The number of anilines is 3. The minimum absolute atomic E-state index is 0.240.